The van der Waals surface area contributed by atoms with E-state index in [0.717, 1.165) is 0 Å². The van der Waals surface area contributed by atoms with Gasteiger partial charge in [0.1, 0.15) is 0 Å². The molecule has 1 N–H and O–H groups in total. The molecule has 0 bridgehead atoms. The first-order valence-electron chi connectivity index (χ1n) is 8.62. The van der Waals surface area contributed by atoms with Gasteiger partial charge in [-0.25, -0.2) is 4.98 Å². The largest absolute Gasteiger partial charge is 0.307 e. The topological polar surface area (TPSA) is 24.9 Å². The molecule has 1 aliphatic rings. The SMILES string of the molecule is Cc1nc(C(C)(C)C)sc1C(C)NC1CCCCCCC1. The molecule has 0 aliphatic heterocycles. The van der Waals surface area contributed by atoms with Gasteiger partial charge in [-0.2, -0.15) is 0 Å². The summed E-state index contributed by atoms with van der Waals surface area (Å²) in [6, 6.07) is 1.13. The molecule has 3 heteroatoms. The molecule has 0 amide bonds. The molecule has 0 spiro atoms. The van der Waals surface area contributed by atoms with Crippen molar-refractivity contribution in [3.8, 4) is 0 Å². The molecule has 21 heavy (non-hydrogen) atoms. The van der Waals surface area contributed by atoms with Crippen LogP contribution in [0.15, 0.2) is 0 Å². The lowest BCUT2D eigenvalue weighted by Gasteiger charge is -2.25. The van der Waals surface area contributed by atoms with Crippen molar-refractivity contribution in [2.75, 3.05) is 0 Å². The lowest BCUT2D eigenvalue weighted by atomic mass is 9.96. The Bertz CT molecular complexity index is 437. The van der Waals surface area contributed by atoms with Gasteiger partial charge in [0.25, 0.3) is 0 Å². The lowest BCUT2D eigenvalue weighted by molar-refractivity contribution is 0.364. The molecule has 1 aromatic heterocycles. The van der Waals surface area contributed by atoms with Gasteiger partial charge in [-0.15, -0.1) is 11.3 Å². The highest BCUT2D eigenvalue weighted by atomic mass is 32.1. The lowest BCUT2D eigenvalue weighted by Crippen LogP contribution is -2.32. The van der Waals surface area contributed by atoms with Gasteiger partial charge in [-0.1, -0.05) is 52.9 Å². The maximum atomic E-state index is 4.81. The molecule has 1 unspecified atom stereocenters. The Morgan fingerprint density at radius 1 is 1.10 bits per heavy atom. The van der Waals surface area contributed by atoms with Gasteiger partial charge in [0, 0.05) is 22.4 Å². The van der Waals surface area contributed by atoms with Crippen LogP contribution in [0.1, 0.15) is 94.3 Å². The van der Waals surface area contributed by atoms with E-state index in [2.05, 4.69) is 39.9 Å². The van der Waals surface area contributed by atoms with Crippen LogP contribution in [0.5, 0.6) is 0 Å². The minimum Gasteiger partial charge on any atom is -0.307 e. The summed E-state index contributed by atoms with van der Waals surface area (Å²) in [6.07, 6.45) is 9.73. The zero-order valence-electron chi connectivity index (χ0n) is 14.5. The van der Waals surface area contributed by atoms with Crippen LogP contribution in [0, 0.1) is 6.92 Å². The quantitative estimate of drug-likeness (QED) is 0.796. The normalized spacial score (nSPS) is 20.0. The summed E-state index contributed by atoms with van der Waals surface area (Å²) >= 11 is 1.90. The van der Waals surface area contributed by atoms with Crippen LogP contribution in [0.25, 0.3) is 0 Å². The number of hydrogen-bond donors (Lipinski definition) is 1. The van der Waals surface area contributed by atoms with Crippen molar-refractivity contribution < 1.29 is 0 Å². The zero-order chi connectivity index (χ0) is 15.5. The first kappa shape index (κ1) is 17.0. The number of aryl methyl sites for hydroxylation is 1. The van der Waals surface area contributed by atoms with E-state index in [0.29, 0.717) is 12.1 Å². The number of thiazole rings is 1. The van der Waals surface area contributed by atoms with Gasteiger partial charge in [-0.05, 0) is 26.7 Å². The van der Waals surface area contributed by atoms with Crippen molar-refractivity contribution in [3.05, 3.63) is 15.6 Å². The molecule has 2 nitrogen and oxygen atoms in total. The van der Waals surface area contributed by atoms with Crippen molar-refractivity contribution in [2.45, 2.75) is 97.1 Å². The first-order valence-corrected chi connectivity index (χ1v) is 9.43. The maximum absolute atomic E-state index is 4.81. The van der Waals surface area contributed by atoms with E-state index in [1.807, 2.05) is 11.3 Å². The molecule has 0 radical (unpaired) electrons. The number of rotatable bonds is 3. The molecule has 1 aromatic rings. The van der Waals surface area contributed by atoms with Gasteiger partial charge in [0.15, 0.2) is 0 Å². The summed E-state index contributed by atoms with van der Waals surface area (Å²) < 4.78 is 0. The van der Waals surface area contributed by atoms with E-state index in [-0.39, 0.29) is 5.41 Å². The Morgan fingerprint density at radius 3 is 2.19 bits per heavy atom. The number of hydrogen-bond acceptors (Lipinski definition) is 3. The fourth-order valence-corrected chi connectivity index (χ4v) is 4.32. The average Bonchev–Trinajstić information content (AvgIpc) is 2.74. The molecule has 1 atom stereocenters. The summed E-state index contributed by atoms with van der Waals surface area (Å²) in [7, 11) is 0. The maximum Gasteiger partial charge on any atom is 0.0985 e. The molecule has 0 aromatic carbocycles. The molecule has 1 aliphatic carbocycles. The van der Waals surface area contributed by atoms with Gasteiger partial charge >= 0.3 is 0 Å². The van der Waals surface area contributed by atoms with Crippen LogP contribution < -0.4 is 5.32 Å². The van der Waals surface area contributed by atoms with Gasteiger partial charge in [0.05, 0.1) is 10.7 Å². The Hall–Kier alpha value is -0.410. The van der Waals surface area contributed by atoms with Crippen molar-refractivity contribution in [3.63, 3.8) is 0 Å². The van der Waals surface area contributed by atoms with E-state index < -0.39 is 0 Å². The smallest absolute Gasteiger partial charge is 0.0985 e. The van der Waals surface area contributed by atoms with Crippen LogP contribution in [-0.4, -0.2) is 11.0 Å². The van der Waals surface area contributed by atoms with Crippen molar-refractivity contribution in [1.82, 2.24) is 10.3 Å². The van der Waals surface area contributed by atoms with E-state index in [9.17, 15) is 0 Å². The highest BCUT2D eigenvalue weighted by Gasteiger charge is 2.23. The summed E-state index contributed by atoms with van der Waals surface area (Å²) in [5.41, 5.74) is 1.38. The first-order chi connectivity index (χ1) is 9.88. The van der Waals surface area contributed by atoms with Crippen molar-refractivity contribution >= 4 is 11.3 Å². The third kappa shape index (κ3) is 4.79. The van der Waals surface area contributed by atoms with E-state index in [1.54, 1.807) is 0 Å². The van der Waals surface area contributed by atoms with Crippen LogP contribution in [0.2, 0.25) is 0 Å². The molecular weight excluding hydrogens is 276 g/mol. The molecular formula is C18H32N2S. The Balaban J connectivity index is 2.02. The van der Waals surface area contributed by atoms with Crippen LogP contribution in [0.3, 0.4) is 0 Å². The third-order valence-corrected chi connectivity index (χ3v) is 6.22. The number of aromatic nitrogens is 1. The second kappa shape index (κ2) is 7.23. The molecule has 0 saturated heterocycles. The third-order valence-electron chi connectivity index (χ3n) is 4.46. The summed E-state index contributed by atoms with van der Waals surface area (Å²) in [4.78, 5) is 6.24. The number of nitrogens with one attached hydrogen (secondary N) is 1. The summed E-state index contributed by atoms with van der Waals surface area (Å²) in [5, 5.41) is 5.14. The predicted molar refractivity (Wildman–Crippen MR) is 93.2 cm³/mol. The van der Waals surface area contributed by atoms with Gasteiger partial charge in [0.2, 0.25) is 0 Å². The molecule has 2 rings (SSSR count). The minimum atomic E-state index is 0.160. The predicted octanol–water partition coefficient (Wildman–Crippen LogP) is 5.51. The monoisotopic (exact) mass is 308 g/mol. The molecule has 1 saturated carbocycles. The highest BCUT2D eigenvalue weighted by molar-refractivity contribution is 7.12. The summed E-state index contributed by atoms with van der Waals surface area (Å²) in [6.45, 7) is 11.2. The van der Waals surface area contributed by atoms with E-state index in [1.165, 1.54) is 60.5 Å². The molecule has 1 fully saturated rings. The van der Waals surface area contributed by atoms with Gasteiger partial charge < -0.3 is 5.32 Å². The summed E-state index contributed by atoms with van der Waals surface area (Å²) in [5.74, 6) is 0. The van der Waals surface area contributed by atoms with Crippen LogP contribution in [0.4, 0.5) is 0 Å². The van der Waals surface area contributed by atoms with E-state index in [4.69, 9.17) is 4.98 Å². The fourth-order valence-electron chi connectivity index (χ4n) is 3.18. The van der Waals surface area contributed by atoms with Crippen molar-refractivity contribution in [2.24, 2.45) is 0 Å². The Morgan fingerprint density at radius 2 is 1.67 bits per heavy atom. The minimum absolute atomic E-state index is 0.160. The second-order valence-electron chi connectivity index (χ2n) is 7.65. The van der Waals surface area contributed by atoms with Crippen molar-refractivity contribution in [1.29, 1.82) is 0 Å². The molecule has 120 valence electrons. The molecule has 1 heterocycles. The van der Waals surface area contributed by atoms with Crippen LogP contribution in [-0.2, 0) is 5.41 Å². The Kier molecular flexibility index (Phi) is 5.84. The standard InChI is InChI=1S/C18H32N2S/c1-13(19-15-11-9-7-6-8-10-12-15)16-14(2)20-17(21-16)18(3,4)5/h13,15,19H,6-12H2,1-5H3. The van der Waals surface area contributed by atoms with E-state index >= 15 is 0 Å². The number of nitrogens with zero attached hydrogens (tertiary/aromatic N) is 1. The fraction of sp³-hybridized carbons (Fsp3) is 0.833. The highest BCUT2D eigenvalue weighted by Crippen LogP contribution is 2.33. The zero-order valence-corrected chi connectivity index (χ0v) is 15.3. The second-order valence-corrected chi connectivity index (χ2v) is 8.68. The van der Waals surface area contributed by atoms with Crippen LogP contribution >= 0.6 is 11.3 Å². The van der Waals surface area contributed by atoms with Gasteiger partial charge in [-0.3, -0.25) is 0 Å². The Labute approximate surface area is 134 Å². The average molecular weight is 309 g/mol.